The van der Waals surface area contributed by atoms with Crippen molar-refractivity contribution in [3.8, 4) is 0 Å². The number of amides is 2. The number of esters is 1. The molecule has 0 spiro atoms. The number of benzene rings is 1. The summed E-state index contributed by atoms with van der Waals surface area (Å²) in [7, 11) is 0. The summed E-state index contributed by atoms with van der Waals surface area (Å²) in [4.78, 5) is 37.7. The van der Waals surface area contributed by atoms with Crippen LogP contribution in [-0.4, -0.2) is 29.2 Å². The van der Waals surface area contributed by atoms with Gasteiger partial charge in [0.1, 0.15) is 5.76 Å². The normalized spacial score (nSPS) is 18.2. The van der Waals surface area contributed by atoms with Gasteiger partial charge in [-0.1, -0.05) is 30.3 Å². The molecule has 2 atom stereocenters. The van der Waals surface area contributed by atoms with Gasteiger partial charge in [0.05, 0.1) is 18.7 Å². The van der Waals surface area contributed by atoms with E-state index in [1.165, 1.54) is 11.2 Å². The van der Waals surface area contributed by atoms with Gasteiger partial charge in [0.2, 0.25) is 12.0 Å². The highest BCUT2D eigenvalue weighted by atomic mass is 16.5. The zero-order chi connectivity index (χ0) is 17.8. The van der Waals surface area contributed by atoms with Gasteiger partial charge < -0.3 is 19.8 Å². The van der Waals surface area contributed by atoms with E-state index in [9.17, 15) is 14.4 Å². The van der Waals surface area contributed by atoms with E-state index < -0.39 is 23.9 Å². The standard InChI is InChI=1S/C18H18N2O5/c19-17(22)16(12-5-2-1-3-6-12)25-18(23)13-9-15(21)20(10-13)11-14-7-4-8-24-14/h1-8,13,16H,9-11H2,(H2,19,22). The highest BCUT2D eigenvalue weighted by molar-refractivity contribution is 5.89. The number of primary amides is 1. The molecule has 0 bridgehead atoms. The van der Waals surface area contributed by atoms with Crippen molar-refractivity contribution in [1.82, 2.24) is 4.90 Å². The second-order valence-electron chi connectivity index (χ2n) is 5.88. The summed E-state index contributed by atoms with van der Waals surface area (Å²) in [6.45, 7) is 0.520. The Morgan fingerprint density at radius 2 is 2.00 bits per heavy atom. The summed E-state index contributed by atoms with van der Waals surface area (Å²) in [5, 5.41) is 0. The zero-order valence-corrected chi connectivity index (χ0v) is 13.5. The number of furan rings is 1. The molecule has 1 aliphatic heterocycles. The number of ether oxygens (including phenoxy) is 1. The van der Waals surface area contributed by atoms with Crippen LogP contribution in [-0.2, 0) is 25.7 Å². The summed E-state index contributed by atoms with van der Waals surface area (Å²) >= 11 is 0. The Morgan fingerprint density at radius 3 is 2.64 bits per heavy atom. The van der Waals surface area contributed by atoms with Crippen molar-refractivity contribution in [1.29, 1.82) is 0 Å². The Balaban J connectivity index is 1.64. The van der Waals surface area contributed by atoms with Gasteiger partial charge in [-0.15, -0.1) is 0 Å². The largest absolute Gasteiger partial charge is 0.467 e. The lowest BCUT2D eigenvalue weighted by atomic mass is 10.1. The average molecular weight is 342 g/mol. The molecule has 2 N–H and O–H groups in total. The van der Waals surface area contributed by atoms with Crippen molar-refractivity contribution in [2.24, 2.45) is 11.7 Å². The smallest absolute Gasteiger partial charge is 0.312 e. The first-order valence-corrected chi connectivity index (χ1v) is 7.89. The van der Waals surface area contributed by atoms with Crippen LogP contribution in [0.1, 0.15) is 23.8 Å². The van der Waals surface area contributed by atoms with Crippen LogP contribution in [0.3, 0.4) is 0 Å². The van der Waals surface area contributed by atoms with Crippen molar-refractivity contribution in [2.45, 2.75) is 19.1 Å². The van der Waals surface area contributed by atoms with E-state index in [1.807, 2.05) is 0 Å². The Labute approximate surface area is 144 Å². The molecule has 0 saturated carbocycles. The fourth-order valence-electron chi connectivity index (χ4n) is 2.80. The van der Waals surface area contributed by atoms with E-state index in [1.54, 1.807) is 42.5 Å². The van der Waals surface area contributed by atoms with Crippen molar-refractivity contribution < 1.29 is 23.5 Å². The number of nitrogens with zero attached hydrogens (tertiary/aromatic N) is 1. The van der Waals surface area contributed by atoms with Crippen molar-refractivity contribution in [2.75, 3.05) is 6.54 Å². The maximum absolute atomic E-state index is 12.4. The van der Waals surface area contributed by atoms with Gasteiger partial charge in [-0.3, -0.25) is 14.4 Å². The van der Waals surface area contributed by atoms with E-state index in [0.717, 1.165) is 0 Å². The van der Waals surface area contributed by atoms with Crippen LogP contribution < -0.4 is 5.73 Å². The van der Waals surface area contributed by atoms with Crippen LogP contribution in [0.4, 0.5) is 0 Å². The first kappa shape index (κ1) is 16.8. The molecular formula is C18H18N2O5. The van der Waals surface area contributed by atoms with Crippen LogP contribution in [0.15, 0.2) is 53.1 Å². The lowest BCUT2D eigenvalue weighted by Crippen LogP contribution is -2.30. The third kappa shape index (κ3) is 3.88. The van der Waals surface area contributed by atoms with Crippen LogP contribution in [0, 0.1) is 5.92 Å². The summed E-state index contributed by atoms with van der Waals surface area (Å²) in [6, 6.07) is 12.0. The van der Waals surface area contributed by atoms with Crippen molar-refractivity contribution in [3.05, 3.63) is 60.1 Å². The van der Waals surface area contributed by atoms with E-state index in [2.05, 4.69) is 0 Å². The molecule has 2 heterocycles. The minimum Gasteiger partial charge on any atom is -0.467 e. The molecule has 3 rings (SSSR count). The minimum atomic E-state index is -1.16. The van der Waals surface area contributed by atoms with E-state index in [0.29, 0.717) is 17.9 Å². The molecule has 0 aliphatic carbocycles. The predicted octanol–water partition coefficient (Wildman–Crippen LogP) is 1.40. The Kier molecular flexibility index (Phi) is 4.83. The molecule has 1 aliphatic rings. The first-order chi connectivity index (χ1) is 12.0. The fraction of sp³-hybridized carbons (Fsp3) is 0.278. The number of carbonyl (C=O) groups is 3. The molecule has 1 aromatic heterocycles. The molecule has 2 aromatic rings. The topological polar surface area (TPSA) is 103 Å². The number of carbonyl (C=O) groups excluding carboxylic acids is 3. The number of hydrogen-bond acceptors (Lipinski definition) is 5. The molecule has 7 heteroatoms. The number of rotatable bonds is 6. The SMILES string of the molecule is NC(=O)C(OC(=O)C1CC(=O)N(Cc2ccco2)C1)c1ccccc1. The van der Waals surface area contributed by atoms with Gasteiger partial charge in [0.15, 0.2) is 0 Å². The molecular weight excluding hydrogens is 324 g/mol. The molecule has 130 valence electrons. The summed E-state index contributed by atoms with van der Waals surface area (Å²) in [5.74, 6) is -1.51. The molecule has 2 unspecified atom stereocenters. The highest BCUT2D eigenvalue weighted by Crippen LogP contribution is 2.25. The minimum absolute atomic E-state index is 0.0415. The van der Waals surface area contributed by atoms with E-state index in [4.69, 9.17) is 14.9 Å². The van der Waals surface area contributed by atoms with Crippen LogP contribution in [0.2, 0.25) is 0 Å². The third-order valence-electron chi connectivity index (χ3n) is 4.07. The summed E-state index contributed by atoms with van der Waals surface area (Å²) in [6.07, 6.45) is 0.404. The maximum atomic E-state index is 12.4. The van der Waals surface area contributed by atoms with Crippen LogP contribution in [0.25, 0.3) is 0 Å². The van der Waals surface area contributed by atoms with Crippen LogP contribution in [0.5, 0.6) is 0 Å². The highest BCUT2D eigenvalue weighted by Gasteiger charge is 2.37. The maximum Gasteiger partial charge on any atom is 0.312 e. The molecule has 7 nitrogen and oxygen atoms in total. The quantitative estimate of drug-likeness (QED) is 0.799. The second kappa shape index (κ2) is 7.21. The summed E-state index contributed by atoms with van der Waals surface area (Å²) < 4.78 is 10.5. The lowest BCUT2D eigenvalue weighted by molar-refractivity contribution is -0.159. The second-order valence-corrected chi connectivity index (χ2v) is 5.88. The van der Waals surface area contributed by atoms with Crippen LogP contribution >= 0.6 is 0 Å². The lowest BCUT2D eigenvalue weighted by Gasteiger charge is -2.18. The third-order valence-corrected chi connectivity index (χ3v) is 4.07. The van der Waals surface area contributed by atoms with Crippen molar-refractivity contribution in [3.63, 3.8) is 0 Å². The first-order valence-electron chi connectivity index (χ1n) is 7.89. The van der Waals surface area contributed by atoms with E-state index >= 15 is 0 Å². The predicted molar refractivity (Wildman–Crippen MR) is 86.7 cm³/mol. The van der Waals surface area contributed by atoms with Gasteiger partial charge in [-0.2, -0.15) is 0 Å². The number of hydrogen-bond donors (Lipinski definition) is 1. The Hall–Kier alpha value is -3.09. The fourth-order valence-corrected chi connectivity index (χ4v) is 2.80. The van der Waals surface area contributed by atoms with Gasteiger partial charge in [0, 0.05) is 18.5 Å². The van der Waals surface area contributed by atoms with Crippen molar-refractivity contribution >= 4 is 17.8 Å². The van der Waals surface area contributed by atoms with E-state index in [-0.39, 0.29) is 18.9 Å². The molecule has 1 fully saturated rings. The monoisotopic (exact) mass is 342 g/mol. The Morgan fingerprint density at radius 1 is 1.24 bits per heavy atom. The number of likely N-dealkylation sites (tertiary alicyclic amines) is 1. The van der Waals surface area contributed by atoms with Gasteiger partial charge in [-0.25, -0.2) is 0 Å². The molecule has 1 aromatic carbocycles. The molecule has 2 amide bonds. The van der Waals surface area contributed by atoms with Gasteiger partial charge in [0.25, 0.3) is 5.91 Å². The average Bonchev–Trinajstić information content (AvgIpc) is 3.24. The molecule has 1 saturated heterocycles. The molecule has 0 radical (unpaired) electrons. The van der Waals surface area contributed by atoms with Gasteiger partial charge >= 0.3 is 5.97 Å². The number of nitrogens with two attached hydrogens (primary N) is 1. The van der Waals surface area contributed by atoms with Gasteiger partial charge in [-0.05, 0) is 12.1 Å². The molecule has 25 heavy (non-hydrogen) atoms. The summed E-state index contributed by atoms with van der Waals surface area (Å²) in [5.41, 5.74) is 5.85. The zero-order valence-electron chi connectivity index (χ0n) is 13.5. The Bertz CT molecular complexity index is 757.